The first-order valence-corrected chi connectivity index (χ1v) is 7.71. The van der Waals surface area contributed by atoms with Gasteiger partial charge in [0, 0.05) is 0 Å². The molecule has 120 valence electrons. The van der Waals surface area contributed by atoms with Crippen molar-refractivity contribution in [2.24, 2.45) is 0 Å². The maximum Gasteiger partial charge on any atom is 0.154 e. The summed E-state index contributed by atoms with van der Waals surface area (Å²) < 4.78 is 11.0. The molecule has 0 saturated carbocycles. The summed E-state index contributed by atoms with van der Waals surface area (Å²) in [7, 11) is 1.56. The molecule has 0 unspecified atom stereocenters. The fraction of sp³-hybridized carbons (Fsp3) is 0.0952. The van der Waals surface area contributed by atoms with E-state index in [4.69, 9.17) is 9.47 Å². The van der Waals surface area contributed by atoms with E-state index in [0.29, 0.717) is 17.9 Å². The number of hydrogen-bond acceptors (Lipinski definition) is 3. The van der Waals surface area contributed by atoms with Crippen molar-refractivity contribution >= 4 is 6.29 Å². The highest BCUT2D eigenvalue weighted by atomic mass is 16.5. The van der Waals surface area contributed by atoms with Crippen LogP contribution in [-0.4, -0.2) is 13.4 Å². The molecule has 24 heavy (non-hydrogen) atoms. The van der Waals surface area contributed by atoms with Crippen LogP contribution in [0.3, 0.4) is 0 Å². The van der Waals surface area contributed by atoms with Crippen LogP contribution in [0, 0.1) is 0 Å². The zero-order chi connectivity index (χ0) is 16.8. The number of carbonyl (C=O) groups excluding carboxylic acids is 1. The average molecular weight is 318 g/mol. The number of aldehydes is 1. The SMILES string of the molecule is COc1cccc(-c2ccc(OCc3ccccc3)cc2)c1C=O. The smallest absolute Gasteiger partial charge is 0.154 e. The highest BCUT2D eigenvalue weighted by molar-refractivity contribution is 5.91. The molecule has 0 aliphatic rings. The maximum absolute atomic E-state index is 11.4. The van der Waals surface area contributed by atoms with Crippen molar-refractivity contribution < 1.29 is 14.3 Å². The zero-order valence-corrected chi connectivity index (χ0v) is 13.4. The van der Waals surface area contributed by atoms with Crippen LogP contribution in [0.1, 0.15) is 15.9 Å². The lowest BCUT2D eigenvalue weighted by Crippen LogP contribution is -1.96. The maximum atomic E-state index is 11.4. The van der Waals surface area contributed by atoms with Crippen molar-refractivity contribution in [2.45, 2.75) is 6.61 Å². The number of rotatable bonds is 6. The van der Waals surface area contributed by atoms with Gasteiger partial charge in [0.1, 0.15) is 18.1 Å². The van der Waals surface area contributed by atoms with Crippen molar-refractivity contribution in [3.63, 3.8) is 0 Å². The quantitative estimate of drug-likeness (QED) is 0.615. The van der Waals surface area contributed by atoms with E-state index >= 15 is 0 Å². The van der Waals surface area contributed by atoms with Crippen molar-refractivity contribution in [3.8, 4) is 22.6 Å². The van der Waals surface area contributed by atoms with Crippen LogP contribution in [-0.2, 0) is 6.61 Å². The lowest BCUT2D eigenvalue weighted by molar-refractivity contribution is 0.112. The molecule has 0 radical (unpaired) electrons. The standard InChI is InChI=1S/C21H18O3/c1-23-21-9-5-8-19(20(21)14-22)17-10-12-18(13-11-17)24-15-16-6-3-2-4-7-16/h2-14H,15H2,1H3. The second kappa shape index (κ2) is 7.47. The Balaban J connectivity index is 1.79. The van der Waals surface area contributed by atoms with Gasteiger partial charge in [0.2, 0.25) is 0 Å². The molecule has 3 aromatic rings. The van der Waals surface area contributed by atoms with Gasteiger partial charge in [-0.05, 0) is 34.9 Å². The van der Waals surface area contributed by atoms with Crippen LogP contribution in [0.25, 0.3) is 11.1 Å². The number of carbonyl (C=O) groups is 1. The minimum absolute atomic E-state index is 0.527. The Hall–Kier alpha value is -3.07. The molecule has 0 amide bonds. The summed E-state index contributed by atoms with van der Waals surface area (Å²) in [6, 6.07) is 23.3. The second-order valence-electron chi connectivity index (χ2n) is 5.34. The lowest BCUT2D eigenvalue weighted by atomic mass is 9.99. The Bertz CT molecular complexity index is 808. The van der Waals surface area contributed by atoms with Crippen LogP contribution < -0.4 is 9.47 Å². The molecule has 3 aromatic carbocycles. The minimum atomic E-state index is 0.527. The summed E-state index contributed by atoms with van der Waals surface area (Å²) in [6.07, 6.45) is 0.827. The van der Waals surface area contributed by atoms with Gasteiger partial charge in [-0.25, -0.2) is 0 Å². The van der Waals surface area contributed by atoms with E-state index in [0.717, 1.165) is 28.7 Å². The van der Waals surface area contributed by atoms with E-state index in [-0.39, 0.29) is 0 Å². The van der Waals surface area contributed by atoms with Gasteiger partial charge < -0.3 is 9.47 Å². The summed E-state index contributed by atoms with van der Waals surface area (Å²) in [6.45, 7) is 0.527. The number of methoxy groups -OCH3 is 1. The Morgan fingerprint density at radius 2 is 1.62 bits per heavy atom. The van der Waals surface area contributed by atoms with Crippen LogP contribution in [0.5, 0.6) is 11.5 Å². The Morgan fingerprint density at radius 1 is 0.875 bits per heavy atom. The lowest BCUT2D eigenvalue weighted by Gasteiger charge is -2.11. The van der Waals surface area contributed by atoms with Crippen LogP contribution in [0.4, 0.5) is 0 Å². The van der Waals surface area contributed by atoms with Crippen LogP contribution in [0.15, 0.2) is 72.8 Å². The third-order valence-electron chi connectivity index (χ3n) is 3.82. The van der Waals surface area contributed by atoms with E-state index in [1.165, 1.54) is 0 Å². The van der Waals surface area contributed by atoms with Gasteiger partial charge in [-0.1, -0.05) is 54.6 Å². The highest BCUT2D eigenvalue weighted by Gasteiger charge is 2.10. The normalized spacial score (nSPS) is 10.2. The molecule has 3 heteroatoms. The molecule has 3 nitrogen and oxygen atoms in total. The average Bonchev–Trinajstić information content (AvgIpc) is 2.67. The van der Waals surface area contributed by atoms with Crippen LogP contribution in [0.2, 0.25) is 0 Å². The molecule has 0 saturated heterocycles. The first kappa shape index (κ1) is 15.8. The van der Waals surface area contributed by atoms with Crippen LogP contribution >= 0.6 is 0 Å². The molecule has 0 heterocycles. The third kappa shape index (κ3) is 3.46. The van der Waals surface area contributed by atoms with Gasteiger partial charge in [-0.15, -0.1) is 0 Å². The Kier molecular flexibility index (Phi) is 4.92. The molecule has 3 rings (SSSR count). The van der Waals surface area contributed by atoms with E-state index in [1.807, 2.05) is 66.7 Å². The molecule has 0 bridgehead atoms. The monoisotopic (exact) mass is 318 g/mol. The van der Waals surface area contributed by atoms with Crippen molar-refractivity contribution in [3.05, 3.63) is 83.9 Å². The Morgan fingerprint density at radius 3 is 2.29 bits per heavy atom. The summed E-state index contributed by atoms with van der Waals surface area (Å²) in [5, 5.41) is 0. The third-order valence-corrected chi connectivity index (χ3v) is 3.82. The first-order chi connectivity index (χ1) is 11.8. The molecule has 0 aliphatic carbocycles. The molecular weight excluding hydrogens is 300 g/mol. The van der Waals surface area contributed by atoms with Crippen molar-refractivity contribution in [1.29, 1.82) is 0 Å². The molecule has 0 spiro atoms. The minimum Gasteiger partial charge on any atom is -0.496 e. The summed E-state index contributed by atoms with van der Waals surface area (Å²) >= 11 is 0. The largest absolute Gasteiger partial charge is 0.496 e. The van der Waals surface area contributed by atoms with Gasteiger partial charge in [0.15, 0.2) is 6.29 Å². The van der Waals surface area contributed by atoms with E-state index in [1.54, 1.807) is 13.2 Å². The summed E-state index contributed by atoms with van der Waals surface area (Å²) in [5.74, 6) is 1.37. The fourth-order valence-corrected chi connectivity index (χ4v) is 2.57. The van der Waals surface area contributed by atoms with E-state index in [2.05, 4.69) is 0 Å². The van der Waals surface area contributed by atoms with Gasteiger partial charge in [0.05, 0.1) is 12.7 Å². The van der Waals surface area contributed by atoms with E-state index in [9.17, 15) is 4.79 Å². The molecule has 0 aliphatic heterocycles. The zero-order valence-electron chi connectivity index (χ0n) is 13.4. The number of hydrogen-bond donors (Lipinski definition) is 0. The summed E-state index contributed by atoms with van der Waals surface area (Å²) in [4.78, 5) is 11.4. The second-order valence-corrected chi connectivity index (χ2v) is 5.34. The summed E-state index contributed by atoms with van der Waals surface area (Å²) in [5.41, 5.74) is 3.47. The number of benzene rings is 3. The fourth-order valence-electron chi connectivity index (χ4n) is 2.57. The molecule has 0 fully saturated rings. The topological polar surface area (TPSA) is 35.5 Å². The Labute approximate surface area is 141 Å². The van der Waals surface area contributed by atoms with Crippen molar-refractivity contribution in [1.82, 2.24) is 0 Å². The molecule has 0 aromatic heterocycles. The molecule has 0 atom stereocenters. The van der Waals surface area contributed by atoms with E-state index < -0.39 is 0 Å². The highest BCUT2D eigenvalue weighted by Crippen LogP contribution is 2.30. The number of ether oxygens (including phenoxy) is 2. The van der Waals surface area contributed by atoms with Gasteiger partial charge in [-0.3, -0.25) is 4.79 Å². The van der Waals surface area contributed by atoms with Gasteiger partial charge >= 0.3 is 0 Å². The van der Waals surface area contributed by atoms with Gasteiger partial charge in [-0.2, -0.15) is 0 Å². The predicted molar refractivity (Wildman–Crippen MR) is 94.6 cm³/mol. The molecule has 0 N–H and O–H groups in total. The first-order valence-electron chi connectivity index (χ1n) is 7.71. The van der Waals surface area contributed by atoms with Crippen molar-refractivity contribution in [2.75, 3.05) is 7.11 Å². The predicted octanol–water partition coefficient (Wildman–Crippen LogP) is 4.75. The van der Waals surface area contributed by atoms with Gasteiger partial charge in [0.25, 0.3) is 0 Å². The molecular formula is C21H18O3.